The third-order valence-electron chi connectivity index (χ3n) is 2.16. The van der Waals surface area contributed by atoms with E-state index in [4.69, 9.17) is 5.90 Å². The normalized spacial score (nSPS) is 25.5. The van der Waals surface area contributed by atoms with Crippen molar-refractivity contribution in [1.29, 1.82) is 0 Å². The Morgan fingerprint density at radius 1 is 1.58 bits per heavy atom. The van der Waals surface area contributed by atoms with Gasteiger partial charge in [0.2, 0.25) is 0 Å². The van der Waals surface area contributed by atoms with Crippen molar-refractivity contribution in [2.75, 3.05) is 19.7 Å². The quantitative estimate of drug-likeness (QED) is 0.644. The lowest BCUT2D eigenvalue weighted by Crippen LogP contribution is -2.37. The molecule has 1 heterocycles. The van der Waals surface area contributed by atoms with Gasteiger partial charge in [-0.15, -0.1) is 0 Å². The maximum Gasteiger partial charge on any atom is 0.251 e. The van der Waals surface area contributed by atoms with Gasteiger partial charge in [-0.05, 0) is 19.4 Å². The molecule has 3 nitrogen and oxygen atoms in total. The average Bonchev–Trinajstić information content (AvgIpc) is 2.37. The maximum absolute atomic E-state index is 12.0. The number of hydrogen-bond donors (Lipinski definition) is 1. The molecule has 0 aromatic carbocycles. The summed E-state index contributed by atoms with van der Waals surface area (Å²) >= 11 is 0. The van der Waals surface area contributed by atoms with E-state index in [0.717, 1.165) is 19.4 Å². The van der Waals surface area contributed by atoms with Gasteiger partial charge < -0.3 is 4.84 Å². The molecule has 0 amide bonds. The molecule has 1 atom stereocenters. The molecule has 1 fully saturated rings. The van der Waals surface area contributed by atoms with Crippen molar-refractivity contribution in [2.45, 2.75) is 25.3 Å². The highest BCUT2D eigenvalue weighted by molar-refractivity contribution is 4.78. The molecule has 5 heteroatoms. The first-order chi connectivity index (χ1) is 5.74. The number of nitrogens with two attached hydrogens (primary N) is 1. The van der Waals surface area contributed by atoms with Crippen molar-refractivity contribution >= 4 is 0 Å². The second-order valence-corrected chi connectivity index (χ2v) is 3.02. The molecular formula is C7H14F2N2O. The molecule has 0 saturated carbocycles. The van der Waals surface area contributed by atoms with E-state index in [1.165, 1.54) is 0 Å². The van der Waals surface area contributed by atoms with Crippen molar-refractivity contribution < 1.29 is 13.6 Å². The van der Waals surface area contributed by atoms with Crippen LogP contribution in [0.3, 0.4) is 0 Å². The summed E-state index contributed by atoms with van der Waals surface area (Å²) in [6, 6.07) is 0.0870. The molecule has 1 rings (SSSR count). The number of halogens is 2. The van der Waals surface area contributed by atoms with Crippen LogP contribution in [-0.2, 0) is 4.84 Å². The van der Waals surface area contributed by atoms with Gasteiger partial charge >= 0.3 is 0 Å². The number of rotatable bonds is 4. The Morgan fingerprint density at radius 2 is 2.33 bits per heavy atom. The summed E-state index contributed by atoms with van der Waals surface area (Å²) in [6.07, 6.45) is -0.395. The second kappa shape index (κ2) is 4.69. The van der Waals surface area contributed by atoms with Gasteiger partial charge in [-0.1, -0.05) is 0 Å². The SMILES string of the molecule is NOCC1CCCN1CC(F)F. The van der Waals surface area contributed by atoms with E-state index in [0.29, 0.717) is 6.61 Å². The lowest BCUT2D eigenvalue weighted by Gasteiger charge is -2.22. The summed E-state index contributed by atoms with van der Waals surface area (Å²) < 4.78 is 24.0. The lowest BCUT2D eigenvalue weighted by atomic mass is 10.2. The monoisotopic (exact) mass is 180 g/mol. The molecule has 0 aromatic rings. The van der Waals surface area contributed by atoms with Gasteiger partial charge in [0.25, 0.3) is 6.43 Å². The van der Waals surface area contributed by atoms with Gasteiger partial charge in [0.15, 0.2) is 0 Å². The second-order valence-electron chi connectivity index (χ2n) is 3.02. The zero-order valence-electron chi connectivity index (χ0n) is 6.88. The van der Waals surface area contributed by atoms with Gasteiger partial charge in [-0.3, -0.25) is 4.90 Å². The molecule has 0 radical (unpaired) electrons. The standard InChI is InChI=1S/C7H14F2N2O/c8-7(9)4-11-3-1-2-6(11)5-12-10/h6-7H,1-5,10H2. The highest BCUT2D eigenvalue weighted by Gasteiger charge is 2.26. The molecular weight excluding hydrogens is 166 g/mol. The molecule has 0 spiro atoms. The minimum absolute atomic E-state index is 0.0870. The van der Waals surface area contributed by atoms with E-state index < -0.39 is 6.43 Å². The van der Waals surface area contributed by atoms with Crippen LogP contribution < -0.4 is 5.90 Å². The van der Waals surface area contributed by atoms with Gasteiger partial charge in [0, 0.05) is 6.04 Å². The van der Waals surface area contributed by atoms with Crippen LogP contribution in [0.1, 0.15) is 12.8 Å². The van der Waals surface area contributed by atoms with Gasteiger partial charge in [-0.25, -0.2) is 14.7 Å². The van der Waals surface area contributed by atoms with Crippen LogP contribution in [-0.4, -0.2) is 37.1 Å². The summed E-state index contributed by atoms with van der Waals surface area (Å²) in [7, 11) is 0. The Labute approximate surface area is 70.4 Å². The van der Waals surface area contributed by atoms with Crippen LogP contribution in [0.5, 0.6) is 0 Å². The predicted octanol–water partition coefficient (Wildman–Crippen LogP) is 0.606. The van der Waals surface area contributed by atoms with Crippen LogP contribution in [0.2, 0.25) is 0 Å². The first-order valence-electron chi connectivity index (χ1n) is 4.08. The Hall–Kier alpha value is -0.260. The summed E-state index contributed by atoms with van der Waals surface area (Å²) in [5, 5.41) is 0. The van der Waals surface area contributed by atoms with Crippen molar-refractivity contribution in [3.63, 3.8) is 0 Å². The number of nitrogens with zero attached hydrogens (tertiary/aromatic N) is 1. The fourth-order valence-corrected chi connectivity index (χ4v) is 1.61. The molecule has 1 saturated heterocycles. The molecule has 2 N–H and O–H groups in total. The Morgan fingerprint density at radius 3 is 2.92 bits per heavy atom. The molecule has 1 aliphatic heterocycles. The van der Waals surface area contributed by atoms with Gasteiger partial charge in [0.1, 0.15) is 0 Å². The van der Waals surface area contributed by atoms with Crippen LogP contribution in [0, 0.1) is 0 Å². The summed E-state index contributed by atoms with van der Waals surface area (Å²) in [4.78, 5) is 6.18. The third-order valence-corrected chi connectivity index (χ3v) is 2.16. The Balaban J connectivity index is 2.30. The zero-order chi connectivity index (χ0) is 8.97. The molecule has 0 bridgehead atoms. The topological polar surface area (TPSA) is 38.5 Å². The molecule has 1 aliphatic rings. The smallest absolute Gasteiger partial charge is 0.251 e. The summed E-state index contributed by atoms with van der Waals surface area (Å²) in [6.45, 7) is 0.930. The fraction of sp³-hybridized carbons (Fsp3) is 1.00. The first-order valence-corrected chi connectivity index (χ1v) is 4.08. The van der Waals surface area contributed by atoms with Crippen LogP contribution in [0.4, 0.5) is 8.78 Å². The van der Waals surface area contributed by atoms with E-state index in [1.54, 1.807) is 4.90 Å². The highest BCUT2D eigenvalue weighted by atomic mass is 19.3. The zero-order valence-corrected chi connectivity index (χ0v) is 6.88. The molecule has 1 unspecified atom stereocenters. The predicted molar refractivity (Wildman–Crippen MR) is 40.7 cm³/mol. The number of hydrogen-bond acceptors (Lipinski definition) is 3. The van der Waals surface area contributed by atoms with Gasteiger partial charge in [-0.2, -0.15) is 0 Å². The van der Waals surface area contributed by atoms with E-state index in [2.05, 4.69) is 4.84 Å². The Bertz CT molecular complexity index is 135. The lowest BCUT2D eigenvalue weighted by molar-refractivity contribution is 0.0407. The van der Waals surface area contributed by atoms with Crippen LogP contribution >= 0.6 is 0 Å². The minimum Gasteiger partial charge on any atom is -0.303 e. The van der Waals surface area contributed by atoms with Crippen molar-refractivity contribution in [2.24, 2.45) is 5.90 Å². The molecule has 0 aliphatic carbocycles. The average molecular weight is 180 g/mol. The minimum atomic E-state index is -2.26. The molecule has 72 valence electrons. The van der Waals surface area contributed by atoms with E-state index in [-0.39, 0.29) is 12.6 Å². The largest absolute Gasteiger partial charge is 0.303 e. The van der Waals surface area contributed by atoms with Crippen LogP contribution in [0.15, 0.2) is 0 Å². The summed E-state index contributed by atoms with van der Waals surface area (Å²) in [5.41, 5.74) is 0. The van der Waals surface area contributed by atoms with Crippen molar-refractivity contribution in [3.8, 4) is 0 Å². The number of alkyl halides is 2. The van der Waals surface area contributed by atoms with Crippen LogP contribution in [0.25, 0.3) is 0 Å². The summed E-state index contributed by atoms with van der Waals surface area (Å²) in [5.74, 6) is 4.89. The van der Waals surface area contributed by atoms with Crippen molar-refractivity contribution in [1.82, 2.24) is 4.90 Å². The molecule has 12 heavy (non-hydrogen) atoms. The maximum atomic E-state index is 12.0. The third kappa shape index (κ3) is 2.66. The van der Waals surface area contributed by atoms with Crippen molar-refractivity contribution in [3.05, 3.63) is 0 Å². The Kier molecular flexibility index (Phi) is 3.84. The fourth-order valence-electron chi connectivity index (χ4n) is 1.61. The van der Waals surface area contributed by atoms with Gasteiger partial charge in [0.05, 0.1) is 13.2 Å². The van der Waals surface area contributed by atoms with E-state index in [1.807, 2.05) is 0 Å². The number of likely N-dealkylation sites (tertiary alicyclic amines) is 1. The molecule has 0 aromatic heterocycles. The first kappa shape index (κ1) is 9.83. The highest BCUT2D eigenvalue weighted by Crippen LogP contribution is 2.17. The van der Waals surface area contributed by atoms with E-state index in [9.17, 15) is 8.78 Å². The van der Waals surface area contributed by atoms with E-state index >= 15 is 0 Å².